The number of halogens is 7. The molecule has 6 aliphatic rings. The Morgan fingerprint density at radius 2 is 1.10 bits per heavy atom. The maximum absolute atomic E-state index is 12.0. The Balaban J connectivity index is -0.000000281. The van der Waals surface area contributed by atoms with Gasteiger partial charge < -0.3 is 29.2 Å². The van der Waals surface area contributed by atoms with E-state index in [4.69, 9.17) is 54.1 Å². The molecule has 0 amide bonds. The fraction of sp³-hybridized carbons (Fsp3) is 0.900. The van der Waals surface area contributed by atoms with Gasteiger partial charge in [-0.05, 0) is 36.5 Å². The zero-order valence-corrected chi connectivity index (χ0v) is 40.5. The van der Waals surface area contributed by atoms with Gasteiger partial charge in [0.05, 0.1) is 16.6 Å². The number of esters is 1. The van der Waals surface area contributed by atoms with Crippen LogP contribution in [0.3, 0.4) is 0 Å². The molecule has 31 heteroatoms. The maximum atomic E-state index is 12.0. The van der Waals surface area contributed by atoms with Crippen molar-refractivity contribution in [2.45, 2.75) is 60.6 Å². The minimum Gasteiger partial charge on any atom is -0.722 e. The minimum absolute atomic E-state index is 0. The molecule has 0 spiro atoms. The normalized spacial score (nSPS) is 32.2. The number of carboxylic acid groups (broad SMARTS) is 1. The van der Waals surface area contributed by atoms with Gasteiger partial charge in [-0.2, -0.15) is 16.8 Å². The number of aliphatic hydroxyl groups excluding tert-OH is 2. The number of ether oxygens (including phenoxy) is 1. The first-order valence-electron chi connectivity index (χ1n) is 12.7. The van der Waals surface area contributed by atoms with Crippen LogP contribution in [0.4, 0.5) is 16.6 Å². The Kier molecular flexibility index (Phi) is 32.0. The quantitative estimate of drug-likeness (QED) is 0.0348. The number of fused-ring (bicyclic) bond motifs is 2. The molecule has 0 aromatic rings. The first-order chi connectivity index (χ1) is 22.4. The van der Waals surface area contributed by atoms with Crippen LogP contribution in [0.1, 0.15) is 25.7 Å². The van der Waals surface area contributed by atoms with Crippen molar-refractivity contribution >= 4 is 113 Å². The van der Waals surface area contributed by atoms with E-state index in [-0.39, 0.29) is 88.0 Å². The summed E-state index contributed by atoms with van der Waals surface area (Å²) in [4.78, 5) is 21.8. The van der Waals surface area contributed by atoms with Gasteiger partial charge in [0, 0.05) is 62.1 Å². The number of carbonyl (C=O) groups is 2. The van der Waals surface area contributed by atoms with Gasteiger partial charge in [0.25, 0.3) is 41.2 Å². The van der Waals surface area contributed by atoms with Crippen molar-refractivity contribution in [3.8, 4) is 0 Å². The summed E-state index contributed by atoms with van der Waals surface area (Å²) in [5.74, 6) is -2.18. The van der Waals surface area contributed by atoms with Crippen LogP contribution in [0.25, 0.3) is 0 Å². The molecule has 10 atom stereocenters. The third-order valence-corrected chi connectivity index (χ3v) is 10.9. The van der Waals surface area contributed by atoms with Crippen LogP contribution in [-0.4, -0.2) is 130 Å². The van der Waals surface area contributed by atoms with Gasteiger partial charge in [0.2, 0.25) is 0 Å². The largest absolute Gasteiger partial charge is 1.00 e. The van der Waals surface area contributed by atoms with E-state index < -0.39 is 96.2 Å². The fourth-order valence-corrected chi connectivity index (χ4v) is 9.90. The summed E-state index contributed by atoms with van der Waals surface area (Å²) < 4.78 is 154. The second kappa shape index (κ2) is 27.2. The minimum atomic E-state index is -5.42. The Hall–Kier alpha value is 2.41. The Labute approximate surface area is 374 Å². The van der Waals surface area contributed by atoms with Crippen molar-refractivity contribution in [3.63, 3.8) is 0 Å². The third kappa shape index (κ3) is 20.6. The molecular formula is C20H31F4I3Na2O18S4. The number of rotatable bonds is 3. The number of alkyl halides is 3. The maximum Gasteiger partial charge on any atom is 1.00 e. The van der Waals surface area contributed by atoms with E-state index in [1.807, 2.05) is 4.93 Å². The number of aliphatic carboxylic acids is 1. The van der Waals surface area contributed by atoms with Crippen molar-refractivity contribution in [1.82, 2.24) is 0 Å². The average molecular weight is 1190 g/mol. The van der Waals surface area contributed by atoms with Crippen LogP contribution in [0, 0.1) is 23.7 Å². The monoisotopic (exact) mass is 1190 g/mol. The zero-order chi connectivity index (χ0) is 39.3. The van der Waals surface area contributed by atoms with Crippen LogP contribution < -0.4 is 59.1 Å². The van der Waals surface area contributed by atoms with Gasteiger partial charge in [-0.1, -0.05) is 22.6 Å². The van der Waals surface area contributed by atoms with Crippen LogP contribution >= 0.6 is 59.8 Å². The molecular weight excluding hydrogens is 1160 g/mol. The molecule has 6 fully saturated rings. The van der Waals surface area contributed by atoms with Gasteiger partial charge in [0.1, 0.15) is 18.3 Å². The van der Waals surface area contributed by atoms with E-state index in [1.54, 1.807) is 0 Å². The topological polar surface area (TPSA) is 305 Å². The molecule has 0 aromatic heterocycles. The standard InChI is InChI=1S/C9H11FO5S.C7H10O4S.C2H3FO2.CH3I.CH4O.2FHO3S.I2.2Na/c10-3-7(11)14-8-4-1-5-6(2-4)16(12,13)15-9(5)8;8-6-3-1-4-5(2-3)12(9,10)11-7(4)6;3-1-2(4)5;2*1-2;2*1-5(2,3)4;1-2;;/h4-6,8-9H,1-3H2;3-8H,1-2H2;1H2,(H,4,5);1H3;2H,1H3;2*(H,2,3,4);;;/q;;;;;;;;2*+1/p-2. The molecule has 18 nitrogen and oxygen atoms in total. The van der Waals surface area contributed by atoms with Crippen molar-refractivity contribution in [3.05, 3.63) is 0 Å². The number of carbonyl (C=O) groups excluding carboxylic acids is 1. The molecule has 0 aromatic carbocycles. The summed E-state index contributed by atoms with van der Waals surface area (Å²) in [5, 5.41) is 23.1. The van der Waals surface area contributed by atoms with E-state index in [9.17, 15) is 43.3 Å². The van der Waals surface area contributed by atoms with Gasteiger partial charge in [-0.3, -0.25) is 8.37 Å². The van der Waals surface area contributed by atoms with Crippen molar-refractivity contribution < 1.29 is 156 Å². The van der Waals surface area contributed by atoms with E-state index >= 15 is 0 Å². The number of carboxylic acids is 1. The third-order valence-electron chi connectivity index (χ3n) is 7.35. The second-order valence-electron chi connectivity index (χ2n) is 9.87. The van der Waals surface area contributed by atoms with Gasteiger partial charge in [-0.25, -0.2) is 35.2 Å². The molecule has 2 heterocycles. The van der Waals surface area contributed by atoms with Crippen LogP contribution in [-0.2, 0) is 63.9 Å². The zero-order valence-electron chi connectivity index (χ0n) is 26.8. The Bertz CT molecular complexity index is 1460. The molecule has 0 radical (unpaired) electrons. The van der Waals surface area contributed by atoms with E-state index in [2.05, 4.69) is 59.8 Å². The van der Waals surface area contributed by atoms with Crippen LogP contribution in [0.15, 0.2) is 0 Å². The van der Waals surface area contributed by atoms with Crippen LogP contribution in [0.5, 0.6) is 0 Å². The first kappa shape index (κ1) is 60.1. The van der Waals surface area contributed by atoms with Crippen molar-refractivity contribution in [2.24, 2.45) is 23.7 Å². The van der Waals surface area contributed by atoms with Gasteiger partial charge in [0.15, 0.2) is 13.3 Å². The molecule has 294 valence electrons. The van der Waals surface area contributed by atoms with Crippen molar-refractivity contribution in [1.29, 1.82) is 0 Å². The molecule has 6 rings (SSSR count). The second-order valence-corrected chi connectivity index (χ2v) is 15.0. The molecule has 2 saturated heterocycles. The summed E-state index contributed by atoms with van der Waals surface area (Å²) >= 11 is 6.39. The molecule has 4 saturated carbocycles. The summed E-state index contributed by atoms with van der Waals surface area (Å²) in [5.41, 5.74) is 0. The summed E-state index contributed by atoms with van der Waals surface area (Å²) in [6.07, 6.45) is 0.473. The summed E-state index contributed by atoms with van der Waals surface area (Å²) in [6, 6.07) is 0. The average Bonchev–Trinajstić information content (AvgIpc) is 3.81. The molecule has 2 aliphatic heterocycles. The van der Waals surface area contributed by atoms with Gasteiger partial charge >= 0.3 is 71.1 Å². The number of hydrogen-bond donors (Lipinski definition) is 3. The summed E-state index contributed by atoms with van der Waals surface area (Å²) in [6.45, 7) is -2.46. The van der Waals surface area contributed by atoms with E-state index in [0.29, 0.717) is 19.3 Å². The van der Waals surface area contributed by atoms with E-state index in [0.717, 1.165) is 13.5 Å². The predicted octanol–water partition coefficient (Wildman–Crippen LogP) is -5.20. The van der Waals surface area contributed by atoms with Crippen molar-refractivity contribution in [2.75, 3.05) is 25.4 Å². The molecule has 3 N–H and O–H groups in total. The summed E-state index contributed by atoms with van der Waals surface area (Å²) in [7, 11) is -16.6. The number of hydrogen-bond acceptors (Lipinski definition) is 17. The molecule has 51 heavy (non-hydrogen) atoms. The fourth-order valence-electron chi connectivity index (χ4n) is 6.13. The molecule has 4 aliphatic carbocycles. The van der Waals surface area contributed by atoms with E-state index in [1.165, 1.54) is 0 Å². The number of aliphatic hydroxyl groups is 2. The van der Waals surface area contributed by atoms with Crippen LogP contribution in [0.2, 0.25) is 0 Å². The predicted molar refractivity (Wildman–Crippen MR) is 181 cm³/mol. The molecule has 10 unspecified atom stereocenters. The first-order valence-corrected chi connectivity index (χ1v) is 26.7. The molecule has 4 bridgehead atoms. The Morgan fingerprint density at radius 3 is 1.41 bits per heavy atom. The SMILES string of the molecule is CI.CO.II.O=C(CF)OC1C2CC3C1OS(=O)(=O)C3C2.O=C(O)CF.O=S(=O)([O-])F.O=S(=O)([O-])F.O=S1(=O)OC2C(O)C3CC2C1C3.[Na+].[Na+]. The smallest absolute Gasteiger partial charge is 0.722 e. The Morgan fingerprint density at radius 1 is 0.784 bits per heavy atom. The van der Waals surface area contributed by atoms with Gasteiger partial charge in [-0.15, -0.1) is 7.77 Å².